The summed E-state index contributed by atoms with van der Waals surface area (Å²) in [5, 5.41) is 27.3. The molecule has 0 bridgehead atoms. The van der Waals surface area contributed by atoms with E-state index in [1.165, 1.54) is 0 Å². The summed E-state index contributed by atoms with van der Waals surface area (Å²) in [6, 6.07) is 15.8. The molecule has 4 heterocycles. The summed E-state index contributed by atoms with van der Waals surface area (Å²) in [5.41, 5.74) is 3.37. The van der Waals surface area contributed by atoms with Crippen molar-refractivity contribution in [2.24, 2.45) is 0 Å². The fraction of sp³-hybridized carbons (Fsp3) is 0.438. The molecule has 232 valence electrons. The summed E-state index contributed by atoms with van der Waals surface area (Å²) in [4.78, 5) is 24.2. The Balaban J connectivity index is 1.40. The summed E-state index contributed by atoms with van der Waals surface area (Å²) in [6.45, 7) is 3.70. The van der Waals surface area contributed by atoms with E-state index >= 15 is 0 Å². The molecule has 12 heteroatoms. The largest absolute Gasteiger partial charge is 0.497 e. The molecule has 6 rings (SSSR count). The lowest BCUT2D eigenvalue weighted by Gasteiger charge is -2.31. The highest BCUT2D eigenvalue weighted by Gasteiger charge is 2.25. The SMILES string of the molecule is COc1ccc(CNc2nc(N3CCC(O)CC3)nc3c(NCc4ccc(OC)cc4)nc(N4CCC(O)CC4)nc23)cc1. The first kappa shape index (κ1) is 29.6. The van der Waals surface area contributed by atoms with E-state index in [9.17, 15) is 10.2 Å². The monoisotopic (exact) mass is 600 g/mol. The van der Waals surface area contributed by atoms with E-state index in [2.05, 4.69) is 20.4 Å². The number of nitrogens with one attached hydrogen (secondary N) is 2. The summed E-state index contributed by atoms with van der Waals surface area (Å²) in [6.07, 6.45) is 2.03. The Bertz CT molecular complexity index is 1420. The molecule has 0 amide bonds. The zero-order valence-corrected chi connectivity index (χ0v) is 25.2. The Morgan fingerprint density at radius 2 is 0.977 bits per heavy atom. The Morgan fingerprint density at radius 1 is 0.614 bits per heavy atom. The number of hydrogen-bond donors (Lipinski definition) is 4. The van der Waals surface area contributed by atoms with E-state index in [1.54, 1.807) is 14.2 Å². The fourth-order valence-corrected chi connectivity index (χ4v) is 5.51. The third-order valence-electron chi connectivity index (χ3n) is 8.25. The normalized spacial score (nSPS) is 16.3. The first-order valence-corrected chi connectivity index (χ1v) is 15.2. The van der Waals surface area contributed by atoms with Gasteiger partial charge in [0.2, 0.25) is 11.9 Å². The van der Waals surface area contributed by atoms with E-state index in [1.807, 2.05) is 48.5 Å². The highest BCUT2D eigenvalue weighted by molar-refractivity contribution is 5.94. The van der Waals surface area contributed by atoms with Crippen LogP contribution >= 0.6 is 0 Å². The average Bonchev–Trinajstić information content (AvgIpc) is 3.07. The second-order valence-corrected chi connectivity index (χ2v) is 11.3. The number of ether oxygens (including phenoxy) is 2. The van der Waals surface area contributed by atoms with Crippen molar-refractivity contribution in [1.82, 2.24) is 19.9 Å². The number of rotatable bonds is 10. The molecule has 2 aliphatic heterocycles. The van der Waals surface area contributed by atoms with Gasteiger partial charge in [0, 0.05) is 39.3 Å². The minimum absolute atomic E-state index is 0.310. The molecular weight excluding hydrogens is 560 g/mol. The lowest BCUT2D eigenvalue weighted by atomic mass is 10.1. The number of hydrogen-bond acceptors (Lipinski definition) is 12. The van der Waals surface area contributed by atoms with Crippen molar-refractivity contribution in [3.05, 3.63) is 59.7 Å². The molecule has 2 saturated heterocycles. The number of methoxy groups -OCH3 is 2. The van der Waals surface area contributed by atoms with Crippen LogP contribution in [0.25, 0.3) is 11.0 Å². The first-order valence-electron chi connectivity index (χ1n) is 15.2. The smallest absolute Gasteiger partial charge is 0.228 e. The molecule has 0 saturated carbocycles. The van der Waals surface area contributed by atoms with Crippen LogP contribution in [-0.4, -0.2) is 82.8 Å². The molecular formula is C32H40N8O4. The number of aliphatic hydroxyl groups excluding tert-OH is 2. The van der Waals surface area contributed by atoms with Gasteiger partial charge in [0.25, 0.3) is 0 Å². The Hall–Kier alpha value is -4.42. The minimum Gasteiger partial charge on any atom is -0.497 e. The van der Waals surface area contributed by atoms with Crippen LogP contribution in [0.15, 0.2) is 48.5 Å². The lowest BCUT2D eigenvalue weighted by molar-refractivity contribution is 0.144. The van der Waals surface area contributed by atoms with Gasteiger partial charge in [-0.1, -0.05) is 24.3 Å². The summed E-state index contributed by atoms with van der Waals surface area (Å²) < 4.78 is 10.6. The number of anilines is 4. The van der Waals surface area contributed by atoms with Crippen molar-refractivity contribution >= 4 is 34.6 Å². The highest BCUT2D eigenvalue weighted by atomic mass is 16.5. The molecule has 44 heavy (non-hydrogen) atoms. The van der Waals surface area contributed by atoms with Crippen molar-refractivity contribution in [1.29, 1.82) is 0 Å². The van der Waals surface area contributed by atoms with Gasteiger partial charge in [-0.2, -0.15) is 9.97 Å². The molecule has 0 spiro atoms. The Labute approximate surface area is 257 Å². The molecule has 0 radical (unpaired) electrons. The molecule has 2 aromatic heterocycles. The summed E-state index contributed by atoms with van der Waals surface area (Å²) >= 11 is 0. The van der Waals surface area contributed by atoms with E-state index in [0.29, 0.717) is 99.5 Å². The van der Waals surface area contributed by atoms with Gasteiger partial charge >= 0.3 is 0 Å². The highest BCUT2D eigenvalue weighted by Crippen LogP contribution is 2.31. The number of nitrogens with zero attached hydrogens (tertiary/aromatic N) is 6. The summed E-state index contributed by atoms with van der Waals surface area (Å²) in [5.74, 6) is 3.97. The molecule has 0 unspecified atom stereocenters. The minimum atomic E-state index is -0.310. The maximum Gasteiger partial charge on any atom is 0.228 e. The third-order valence-corrected chi connectivity index (χ3v) is 8.25. The zero-order chi connectivity index (χ0) is 30.5. The number of piperidine rings is 2. The van der Waals surface area contributed by atoms with Gasteiger partial charge in [0.1, 0.15) is 22.5 Å². The van der Waals surface area contributed by atoms with Crippen molar-refractivity contribution in [2.45, 2.75) is 51.0 Å². The van der Waals surface area contributed by atoms with E-state index in [-0.39, 0.29) is 12.2 Å². The van der Waals surface area contributed by atoms with Crippen LogP contribution in [0.2, 0.25) is 0 Å². The molecule has 4 aromatic rings. The zero-order valence-electron chi connectivity index (χ0n) is 25.2. The second kappa shape index (κ2) is 13.5. The number of fused-ring (bicyclic) bond motifs is 1. The molecule has 2 aliphatic rings. The molecule has 2 aromatic carbocycles. The van der Waals surface area contributed by atoms with Crippen LogP contribution in [0.3, 0.4) is 0 Å². The number of aromatic nitrogens is 4. The van der Waals surface area contributed by atoms with Crippen molar-refractivity contribution < 1.29 is 19.7 Å². The molecule has 0 atom stereocenters. The second-order valence-electron chi connectivity index (χ2n) is 11.3. The Kier molecular flexibility index (Phi) is 9.08. The van der Waals surface area contributed by atoms with Crippen LogP contribution in [0.1, 0.15) is 36.8 Å². The van der Waals surface area contributed by atoms with Crippen LogP contribution in [0, 0.1) is 0 Å². The topological polar surface area (TPSA) is 141 Å². The molecule has 12 nitrogen and oxygen atoms in total. The van der Waals surface area contributed by atoms with E-state index in [4.69, 9.17) is 29.4 Å². The van der Waals surface area contributed by atoms with Gasteiger partial charge in [0.05, 0.1) is 26.4 Å². The molecule has 2 fully saturated rings. The van der Waals surface area contributed by atoms with Crippen LogP contribution in [-0.2, 0) is 13.1 Å². The first-order chi connectivity index (χ1) is 21.5. The van der Waals surface area contributed by atoms with E-state index in [0.717, 1.165) is 22.6 Å². The fourth-order valence-electron chi connectivity index (χ4n) is 5.51. The third kappa shape index (κ3) is 6.87. The van der Waals surface area contributed by atoms with Crippen LogP contribution < -0.4 is 29.9 Å². The predicted molar refractivity (Wildman–Crippen MR) is 171 cm³/mol. The van der Waals surface area contributed by atoms with Crippen LogP contribution in [0.4, 0.5) is 23.5 Å². The Morgan fingerprint density at radius 3 is 1.32 bits per heavy atom. The number of benzene rings is 2. The average molecular weight is 601 g/mol. The van der Waals surface area contributed by atoms with Crippen LogP contribution in [0.5, 0.6) is 11.5 Å². The van der Waals surface area contributed by atoms with Gasteiger partial charge in [-0.05, 0) is 61.1 Å². The van der Waals surface area contributed by atoms with Gasteiger partial charge in [-0.3, -0.25) is 0 Å². The van der Waals surface area contributed by atoms with Gasteiger partial charge < -0.3 is 40.1 Å². The molecule has 4 N–H and O–H groups in total. The predicted octanol–water partition coefficient (Wildman–Crippen LogP) is 3.58. The van der Waals surface area contributed by atoms with Gasteiger partial charge in [-0.25, -0.2) is 9.97 Å². The quantitative estimate of drug-likeness (QED) is 0.211. The van der Waals surface area contributed by atoms with Gasteiger partial charge in [-0.15, -0.1) is 0 Å². The van der Waals surface area contributed by atoms with Gasteiger partial charge in [0.15, 0.2) is 11.6 Å². The lowest BCUT2D eigenvalue weighted by Crippen LogP contribution is -2.37. The number of aliphatic hydroxyl groups is 2. The van der Waals surface area contributed by atoms with Crippen molar-refractivity contribution in [3.8, 4) is 11.5 Å². The summed E-state index contributed by atoms with van der Waals surface area (Å²) in [7, 11) is 3.31. The van der Waals surface area contributed by atoms with Crippen molar-refractivity contribution in [2.75, 3.05) is 60.8 Å². The standard InChI is InChI=1S/C32H40N8O4/c1-43-25-7-3-21(4-8-25)19-33-29-27-28(36-31(37-29)39-15-11-23(41)12-16-39)30(34-20-22-5-9-26(44-2)10-6-22)38-32(35-27)40-17-13-24(42)14-18-40/h3-10,23-24,41-42H,11-20H2,1-2H3,(H,33,36,37)(H,34,35,38). The maximum absolute atomic E-state index is 10.1. The van der Waals surface area contributed by atoms with Crippen molar-refractivity contribution in [3.63, 3.8) is 0 Å². The van der Waals surface area contributed by atoms with E-state index < -0.39 is 0 Å². The molecule has 0 aliphatic carbocycles. The maximum atomic E-state index is 10.1.